The average molecular weight is 448 g/mol. The number of hydrogen-bond acceptors (Lipinski definition) is 2. The first-order valence-corrected chi connectivity index (χ1v) is 20.7. The predicted octanol–water partition coefficient (Wildman–Crippen LogP) is 5.17. The minimum Gasteiger partial charge on any atom is -0.147 e. The first kappa shape index (κ1) is 27.3. The Balaban J connectivity index is 0. The summed E-state index contributed by atoms with van der Waals surface area (Å²) < 4.78 is 11.7. The van der Waals surface area contributed by atoms with Gasteiger partial charge in [0.25, 0.3) is 0 Å². The van der Waals surface area contributed by atoms with Gasteiger partial charge in [0.2, 0.25) is 0 Å². The molecule has 0 radical (unpaired) electrons. The molecule has 0 spiro atoms. The van der Waals surface area contributed by atoms with E-state index in [1.54, 1.807) is 15.0 Å². The zero-order chi connectivity index (χ0) is 17.4. The van der Waals surface area contributed by atoms with Crippen molar-refractivity contribution in [2.24, 2.45) is 5.92 Å². The van der Waals surface area contributed by atoms with E-state index >= 15 is 0 Å². The van der Waals surface area contributed by atoms with E-state index in [0.717, 1.165) is 19.6 Å². The van der Waals surface area contributed by atoms with Crippen LogP contribution in [0.15, 0.2) is 20.6 Å². The zero-order valence-corrected chi connectivity index (χ0v) is 22.7. The van der Waals surface area contributed by atoms with Gasteiger partial charge >= 0.3 is 142 Å². The average Bonchev–Trinajstić information content (AvgIpc) is 2.51. The van der Waals surface area contributed by atoms with Crippen LogP contribution in [0.2, 0.25) is 30.1 Å². The van der Waals surface area contributed by atoms with Crippen LogP contribution in [-0.2, 0) is 18.7 Å². The Morgan fingerprint density at radius 1 is 1.08 bits per heavy atom. The maximum Gasteiger partial charge on any atom is -0.147 e. The molecule has 0 aromatic carbocycles. The topological polar surface area (TPSA) is 21.3 Å². The van der Waals surface area contributed by atoms with E-state index in [9.17, 15) is 0 Å². The summed E-state index contributed by atoms with van der Waals surface area (Å²) in [6.45, 7) is 18.1. The number of allylic oxidation sites excluding steroid dienone is 4. The van der Waals surface area contributed by atoms with Gasteiger partial charge in [-0.3, -0.25) is 0 Å². The third-order valence-corrected chi connectivity index (χ3v) is 14.8. The number of halogens is 2. The summed E-state index contributed by atoms with van der Waals surface area (Å²) in [5, 5.41) is 5.08. The Hall–Kier alpha value is 1.13. The van der Waals surface area contributed by atoms with Crippen LogP contribution in [0.1, 0.15) is 34.1 Å². The molecule has 1 N–H and O–H groups in total. The molecule has 0 saturated carbocycles. The molecule has 2 nitrogen and oxygen atoms in total. The Morgan fingerprint density at radius 2 is 1.58 bits per heavy atom. The van der Waals surface area contributed by atoms with Crippen LogP contribution in [0, 0.1) is 5.92 Å². The normalized spacial score (nSPS) is 19.3. The van der Waals surface area contributed by atoms with E-state index in [-0.39, 0.29) is 24.8 Å². The fraction of sp³-hybridized carbons (Fsp3) is 0.765. The van der Waals surface area contributed by atoms with E-state index in [4.69, 9.17) is 4.43 Å². The second kappa shape index (κ2) is 9.36. The van der Waals surface area contributed by atoms with Gasteiger partial charge < -0.3 is 0 Å². The molecule has 1 atom stereocenters. The molecule has 0 bridgehead atoms. The molecule has 0 fully saturated rings. The molecule has 1 aliphatic rings. The molecule has 1 aliphatic carbocycles. The summed E-state index contributed by atoms with van der Waals surface area (Å²) in [7, 11) is 0.913. The summed E-state index contributed by atoms with van der Waals surface area (Å²) in [6, 6.07) is 0. The van der Waals surface area contributed by atoms with Gasteiger partial charge in [-0.25, -0.2) is 0 Å². The Kier molecular flexibility index (Phi) is 10.7. The van der Waals surface area contributed by atoms with Crippen LogP contribution in [0.3, 0.4) is 0 Å². The predicted molar refractivity (Wildman–Crippen MR) is 117 cm³/mol. The molecule has 24 heavy (non-hydrogen) atoms. The molecule has 0 aromatic heterocycles. The third-order valence-electron chi connectivity index (χ3n) is 5.05. The summed E-state index contributed by atoms with van der Waals surface area (Å²) in [5.41, 5.74) is 4.66. The molecule has 7 heteroatoms. The molecule has 0 saturated heterocycles. The van der Waals surface area contributed by atoms with E-state index in [2.05, 4.69) is 69.2 Å². The molecule has 0 aromatic rings. The van der Waals surface area contributed by atoms with Crippen LogP contribution >= 0.6 is 24.8 Å². The van der Waals surface area contributed by atoms with Crippen molar-refractivity contribution in [1.82, 2.24) is 3.80 Å². The van der Waals surface area contributed by atoms with Crippen LogP contribution in [-0.4, -0.2) is 29.1 Å². The van der Waals surface area contributed by atoms with Crippen LogP contribution in [0.25, 0.3) is 0 Å². The summed E-state index contributed by atoms with van der Waals surface area (Å²) in [5.74, 6) is 0.621. The Morgan fingerprint density at radius 3 is 1.96 bits per heavy atom. The smallest absolute Gasteiger partial charge is 0.147 e. The maximum atomic E-state index is 5.98. The fourth-order valence-corrected chi connectivity index (χ4v) is 14.0. The molecule has 0 aliphatic heterocycles. The summed E-state index contributed by atoms with van der Waals surface area (Å²) >= 11 is -2.75. The van der Waals surface area contributed by atoms with Crippen molar-refractivity contribution in [3.63, 3.8) is 0 Å². The van der Waals surface area contributed by atoms with Crippen LogP contribution < -0.4 is 3.80 Å². The molecule has 0 heterocycles. The number of nitrogens with one attached hydrogen (secondary N) is 1. The summed E-state index contributed by atoms with van der Waals surface area (Å²) in [6.07, 6.45) is 1.12. The van der Waals surface area contributed by atoms with E-state index in [1.807, 2.05) is 0 Å². The van der Waals surface area contributed by atoms with E-state index < -0.39 is 22.6 Å². The van der Waals surface area contributed by atoms with Gasteiger partial charge in [-0.1, -0.05) is 0 Å². The number of hydrogen-bond donors (Lipinski definition) is 1. The van der Waals surface area contributed by atoms with Gasteiger partial charge in [0.05, 0.1) is 0 Å². The van der Waals surface area contributed by atoms with Gasteiger partial charge in [0, 0.05) is 0 Å². The second-order valence-corrected chi connectivity index (χ2v) is 32.0. The maximum absolute atomic E-state index is 5.98. The number of rotatable bonds is 7. The molecular weight excluding hydrogens is 409 g/mol. The molecule has 0 amide bonds. The Labute approximate surface area is 166 Å². The first-order chi connectivity index (χ1) is 9.75. The van der Waals surface area contributed by atoms with Crippen LogP contribution in [0.4, 0.5) is 0 Å². The van der Waals surface area contributed by atoms with Gasteiger partial charge in [-0.05, 0) is 0 Å². The van der Waals surface area contributed by atoms with Crippen molar-refractivity contribution in [3.05, 3.63) is 20.6 Å². The van der Waals surface area contributed by atoms with Crippen molar-refractivity contribution >= 4 is 40.8 Å². The van der Waals surface area contributed by atoms with Crippen molar-refractivity contribution in [1.29, 1.82) is 0 Å². The summed E-state index contributed by atoms with van der Waals surface area (Å²) in [4.78, 5) is 0. The van der Waals surface area contributed by atoms with Gasteiger partial charge in [0.15, 0.2) is 0 Å². The molecule has 144 valence electrons. The quantitative estimate of drug-likeness (QED) is 0.429. The van der Waals surface area contributed by atoms with Gasteiger partial charge in [-0.15, -0.1) is 24.8 Å². The van der Waals surface area contributed by atoms with Crippen molar-refractivity contribution in [3.8, 4) is 0 Å². The van der Waals surface area contributed by atoms with Crippen molar-refractivity contribution in [2.75, 3.05) is 13.2 Å². The molecule has 1 rings (SSSR count). The SMILES string of the molecule is CC1=C(C)C(C)[C]([Ti]([CH3])([CH3])(=[SiH2])[NH]CCCO[Si](C)(C)C)=C1C.Cl.Cl. The standard InChI is InChI=1S/C9H13.C6H16NOSi.2CH3.2ClH.H2Si.Ti/c1-6-5-7(2)9(4)8(6)3;1-9(2,3)8-6-4-5-7;;;;;;/h6H,1-4H3;7H,4-6H2,1-3H3;2*1H3;2*1H;1H2;/q;-1;;;;;;+1. The van der Waals surface area contributed by atoms with Crippen molar-refractivity contribution < 1.29 is 18.7 Å². The largest absolute Gasteiger partial charge is 0.147 e. The monoisotopic (exact) mass is 447 g/mol. The fourth-order valence-electron chi connectivity index (χ4n) is 3.69. The zero-order valence-electron chi connectivity index (χ0n) is 17.1. The molecular formula is C17H39Cl2NOSi2Ti. The van der Waals surface area contributed by atoms with Gasteiger partial charge in [0.1, 0.15) is 0 Å². The van der Waals surface area contributed by atoms with Crippen molar-refractivity contribution in [2.45, 2.75) is 64.2 Å². The van der Waals surface area contributed by atoms with Crippen LogP contribution in [0.5, 0.6) is 0 Å². The van der Waals surface area contributed by atoms with Gasteiger partial charge in [-0.2, -0.15) is 0 Å². The minimum absolute atomic E-state index is 0. The second-order valence-electron chi connectivity index (χ2n) is 9.00. The van der Waals surface area contributed by atoms with E-state index in [0.29, 0.717) is 5.92 Å². The third kappa shape index (κ3) is 7.03. The molecule has 1 unspecified atom stereocenters. The first-order valence-electron chi connectivity index (χ1n) is 8.60. The minimum atomic E-state index is -2.75. The van der Waals surface area contributed by atoms with E-state index in [1.165, 1.54) is 5.57 Å². The Bertz CT molecular complexity index is 574.